The van der Waals surface area contributed by atoms with Crippen LogP contribution in [-0.4, -0.2) is 67.0 Å². The molecule has 6 nitrogen and oxygen atoms in total. The number of piperazine rings is 1. The zero-order valence-corrected chi connectivity index (χ0v) is 20.1. The van der Waals surface area contributed by atoms with E-state index < -0.39 is 0 Å². The molecule has 0 radical (unpaired) electrons. The number of anilines is 1. The molecular formula is C25H36ClN3O3. The second-order valence-corrected chi connectivity index (χ2v) is 9.15. The number of fused-ring (bicyclic) bond motifs is 1. The molecule has 2 saturated heterocycles. The number of unbranched alkanes of at least 4 members (excludes halogenated alkanes) is 1. The van der Waals surface area contributed by atoms with Gasteiger partial charge in [0, 0.05) is 32.7 Å². The van der Waals surface area contributed by atoms with Crippen LogP contribution in [0.15, 0.2) is 36.4 Å². The Morgan fingerprint density at radius 1 is 0.906 bits per heavy atom. The maximum atomic E-state index is 12.6. The monoisotopic (exact) mass is 461 g/mol. The molecule has 32 heavy (non-hydrogen) atoms. The number of halogens is 1. The van der Waals surface area contributed by atoms with Crippen LogP contribution in [0.1, 0.15) is 39.5 Å². The number of nitrogens with zero attached hydrogens (tertiary/aromatic N) is 3. The van der Waals surface area contributed by atoms with Gasteiger partial charge in [-0.3, -0.25) is 19.4 Å². The summed E-state index contributed by atoms with van der Waals surface area (Å²) in [4.78, 5) is 31.5. The van der Waals surface area contributed by atoms with Crippen LogP contribution in [-0.2, 0) is 9.59 Å². The normalized spacial score (nSPS) is 23.5. The van der Waals surface area contributed by atoms with Crippen molar-refractivity contribution in [1.29, 1.82) is 0 Å². The molecule has 3 aliphatic rings. The molecule has 7 heteroatoms. The minimum absolute atomic E-state index is 0. The van der Waals surface area contributed by atoms with Gasteiger partial charge >= 0.3 is 0 Å². The fourth-order valence-electron chi connectivity index (χ4n) is 4.98. The van der Waals surface area contributed by atoms with Crippen molar-refractivity contribution in [3.63, 3.8) is 0 Å². The van der Waals surface area contributed by atoms with Gasteiger partial charge in [0.2, 0.25) is 11.8 Å². The number of hydrogen-bond donors (Lipinski definition) is 0. The van der Waals surface area contributed by atoms with Gasteiger partial charge in [0.15, 0.2) is 0 Å². The molecule has 0 spiro atoms. The lowest BCUT2D eigenvalue weighted by Crippen LogP contribution is -2.46. The first-order valence-electron chi connectivity index (χ1n) is 11.8. The van der Waals surface area contributed by atoms with Crippen molar-refractivity contribution in [3.05, 3.63) is 36.4 Å². The Kier molecular flexibility index (Phi) is 8.60. The number of hydrogen-bond acceptors (Lipinski definition) is 5. The number of benzene rings is 1. The van der Waals surface area contributed by atoms with Crippen LogP contribution in [0.5, 0.6) is 5.75 Å². The zero-order valence-electron chi connectivity index (χ0n) is 19.2. The highest BCUT2D eigenvalue weighted by atomic mass is 35.5. The van der Waals surface area contributed by atoms with E-state index in [-0.39, 0.29) is 42.2 Å². The predicted octanol–water partition coefficient (Wildman–Crippen LogP) is 3.75. The summed E-state index contributed by atoms with van der Waals surface area (Å²) in [6.07, 6.45) is 7.60. The van der Waals surface area contributed by atoms with Gasteiger partial charge in [-0.1, -0.05) is 24.3 Å². The number of allylic oxidation sites excluding steroid dienone is 2. The minimum atomic E-state index is -0.104. The van der Waals surface area contributed by atoms with Gasteiger partial charge in [0.1, 0.15) is 5.75 Å². The molecule has 2 heterocycles. The summed E-state index contributed by atoms with van der Waals surface area (Å²) < 4.78 is 5.99. The fraction of sp³-hybridized carbons (Fsp3) is 0.600. The van der Waals surface area contributed by atoms with Crippen molar-refractivity contribution in [1.82, 2.24) is 9.80 Å². The summed E-state index contributed by atoms with van der Waals surface area (Å²) in [6, 6.07) is 8.29. The van der Waals surface area contributed by atoms with Crippen LogP contribution in [0.2, 0.25) is 0 Å². The maximum Gasteiger partial charge on any atom is 0.233 e. The number of likely N-dealkylation sites (tertiary alicyclic amines) is 1. The van der Waals surface area contributed by atoms with E-state index in [4.69, 9.17) is 4.74 Å². The first kappa shape index (κ1) is 24.6. The standard InChI is InChI=1S/C25H35N3O3.ClH/c1-19(2)31-23-12-6-5-11-22(23)27-17-15-26(16-18-27)13-7-8-14-28-24(29)20-9-3-4-10-21(20)25(28)30;/h3-6,11-12,19-21H,7-10,13-18H2,1-2H3;1H. The van der Waals surface area contributed by atoms with Gasteiger partial charge < -0.3 is 9.64 Å². The molecule has 0 aromatic heterocycles. The number of rotatable bonds is 8. The first-order chi connectivity index (χ1) is 15.0. The first-order valence-corrected chi connectivity index (χ1v) is 11.8. The van der Waals surface area contributed by atoms with Crippen LogP contribution in [0, 0.1) is 11.8 Å². The highest BCUT2D eigenvalue weighted by Crippen LogP contribution is 2.35. The van der Waals surface area contributed by atoms with Gasteiger partial charge in [-0.15, -0.1) is 12.4 Å². The Hall–Kier alpha value is -2.05. The third kappa shape index (κ3) is 5.46. The van der Waals surface area contributed by atoms with E-state index in [1.165, 1.54) is 10.6 Å². The molecule has 1 aliphatic carbocycles. The fourth-order valence-corrected chi connectivity index (χ4v) is 4.98. The Morgan fingerprint density at radius 3 is 2.12 bits per heavy atom. The Balaban J connectivity index is 0.00000289. The van der Waals surface area contributed by atoms with Gasteiger partial charge in [-0.25, -0.2) is 0 Å². The lowest BCUT2D eigenvalue weighted by Gasteiger charge is -2.37. The summed E-state index contributed by atoms with van der Waals surface area (Å²) in [5.74, 6) is 0.855. The van der Waals surface area contributed by atoms with Crippen LogP contribution >= 0.6 is 12.4 Å². The summed E-state index contributed by atoms with van der Waals surface area (Å²) in [5.41, 5.74) is 1.18. The number of ether oxygens (including phenoxy) is 1. The molecule has 2 unspecified atom stereocenters. The molecule has 1 aromatic rings. The topological polar surface area (TPSA) is 53.1 Å². The van der Waals surface area contributed by atoms with Crippen LogP contribution in [0.4, 0.5) is 5.69 Å². The Morgan fingerprint density at radius 2 is 1.50 bits per heavy atom. The summed E-state index contributed by atoms with van der Waals surface area (Å²) in [6.45, 7) is 9.72. The van der Waals surface area contributed by atoms with Gasteiger partial charge in [-0.05, 0) is 58.2 Å². The third-order valence-corrected chi connectivity index (χ3v) is 6.65. The van der Waals surface area contributed by atoms with E-state index in [2.05, 4.69) is 41.8 Å². The van der Waals surface area contributed by atoms with Crippen molar-refractivity contribution in [3.8, 4) is 5.75 Å². The molecule has 0 bridgehead atoms. The Bertz CT molecular complexity index is 794. The third-order valence-electron chi connectivity index (χ3n) is 6.65. The van der Waals surface area contributed by atoms with E-state index in [0.717, 1.165) is 64.2 Å². The quantitative estimate of drug-likeness (QED) is 0.335. The predicted molar refractivity (Wildman–Crippen MR) is 129 cm³/mol. The van der Waals surface area contributed by atoms with Gasteiger partial charge in [0.25, 0.3) is 0 Å². The second kappa shape index (κ2) is 11.2. The van der Waals surface area contributed by atoms with Gasteiger partial charge in [-0.2, -0.15) is 0 Å². The summed E-state index contributed by atoms with van der Waals surface area (Å²) in [7, 11) is 0. The zero-order chi connectivity index (χ0) is 21.8. The highest BCUT2D eigenvalue weighted by Gasteiger charge is 2.46. The molecule has 2 aliphatic heterocycles. The molecule has 2 atom stereocenters. The number of para-hydroxylation sites is 2. The highest BCUT2D eigenvalue weighted by molar-refractivity contribution is 6.05. The number of carbonyl (C=O) groups is 2. The lowest BCUT2D eigenvalue weighted by molar-refractivity contribution is -0.139. The molecule has 0 saturated carbocycles. The summed E-state index contributed by atoms with van der Waals surface area (Å²) >= 11 is 0. The van der Waals surface area contributed by atoms with E-state index in [0.29, 0.717) is 6.54 Å². The van der Waals surface area contributed by atoms with Crippen molar-refractivity contribution in [2.24, 2.45) is 11.8 Å². The van der Waals surface area contributed by atoms with Crippen molar-refractivity contribution in [2.45, 2.75) is 45.6 Å². The molecule has 0 N–H and O–H groups in total. The molecule has 2 fully saturated rings. The van der Waals surface area contributed by atoms with Crippen LogP contribution in [0.25, 0.3) is 0 Å². The number of carbonyl (C=O) groups excluding carboxylic acids is 2. The second-order valence-electron chi connectivity index (χ2n) is 9.15. The van der Waals surface area contributed by atoms with Crippen molar-refractivity contribution >= 4 is 29.9 Å². The summed E-state index contributed by atoms with van der Waals surface area (Å²) in [5, 5.41) is 0. The van der Waals surface area contributed by atoms with E-state index in [1.54, 1.807) is 0 Å². The van der Waals surface area contributed by atoms with Crippen LogP contribution in [0.3, 0.4) is 0 Å². The molecular weight excluding hydrogens is 426 g/mol. The largest absolute Gasteiger partial charge is 0.489 e. The molecule has 4 rings (SSSR count). The average Bonchev–Trinajstić information content (AvgIpc) is 3.02. The van der Waals surface area contributed by atoms with Crippen LogP contribution < -0.4 is 9.64 Å². The molecule has 176 valence electrons. The van der Waals surface area contributed by atoms with E-state index in [9.17, 15) is 9.59 Å². The average molecular weight is 462 g/mol. The smallest absolute Gasteiger partial charge is 0.233 e. The number of imide groups is 1. The SMILES string of the molecule is CC(C)Oc1ccccc1N1CCN(CCCCN2C(=O)C3CC=CCC3C2=O)CC1.Cl. The van der Waals surface area contributed by atoms with Crippen molar-refractivity contribution < 1.29 is 14.3 Å². The van der Waals surface area contributed by atoms with E-state index >= 15 is 0 Å². The van der Waals surface area contributed by atoms with Crippen molar-refractivity contribution in [2.75, 3.05) is 44.2 Å². The molecule has 2 amide bonds. The minimum Gasteiger partial charge on any atom is -0.489 e. The molecule has 1 aromatic carbocycles. The van der Waals surface area contributed by atoms with Gasteiger partial charge in [0.05, 0.1) is 23.6 Å². The van der Waals surface area contributed by atoms with E-state index in [1.807, 2.05) is 18.2 Å². The lowest BCUT2D eigenvalue weighted by atomic mass is 9.85. The Labute approximate surface area is 198 Å². The maximum absolute atomic E-state index is 12.6. The number of amides is 2.